The van der Waals surface area contributed by atoms with Crippen molar-refractivity contribution in [1.29, 1.82) is 0 Å². The Balaban J connectivity index is 2.22. The third-order valence-electron chi connectivity index (χ3n) is 4.19. The maximum atomic E-state index is 10.5. The summed E-state index contributed by atoms with van der Waals surface area (Å²) in [5.41, 5.74) is 2.14. The summed E-state index contributed by atoms with van der Waals surface area (Å²) in [6.07, 6.45) is 1.09. The van der Waals surface area contributed by atoms with E-state index in [0.717, 1.165) is 29.7 Å². The highest BCUT2D eigenvalue weighted by molar-refractivity contribution is 6.30. The second kappa shape index (κ2) is 5.34. The first-order valence-corrected chi connectivity index (χ1v) is 7.30. The van der Waals surface area contributed by atoms with Gasteiger partial charge in [-0.25, -0.2) is 0 Å². The Hall–Kier alpha value is -0.730. The van der Waals surface area contributed by atoms with Gasteiger partial charge in [0, 0.05) is 17.0 Å². The van der Waals surface area contributed by atoms with E-state index in [-0.39, 0.29) is 5.41 Å². The Morgan fingerprint density at radius 1 is 1.37 bits per heavy atom. The summed E-state index contributed by atoms with van der Waals surface area (Å²) >= 11 is 6.13. The number of hydrogen-bond donors (Lipinski definition) is 1. The number of aliphatic hydroxyl groups excluding tert-OH is 1. The van der Waals surface area contributed by atoms with Crippen molar-refractivity contribution >= 4 is 11.6 Å². The monoisotopic (exact) mass is 282 g/mol. The quantitative estimate of drug-likeness (QED) is 0.891. The largest absolute Gasteiger partial charge is 0.493 e. The molecule has 0 bridgehead atoms. The van der Waals surface area contributed by atoms with Gasteiger partial charge >= 0.3 is 0 Å². The molecule has 2 rings (SSSR count). The van der Waals surface area contributed by atoms with Crippen LogP contribution in [0.4, 0.5) is 0 Å². The van der Waals surface area contributed by atoms with Crippen LogP contribution in [0.5, 0.6) is 5.75 Å². The predicted octanol–water partition coefficient (Wildman–Crippen LogP) is 4.38. The first-order valence-electron chi connectivity index (χ1n) is 6.92. The number of benzene rings is 1. The molecule has 1 aliphatic heterocycles. The highest BCUT2D eigenvalue weighted by Crippen LogP contribution is 2.40. The summed E-state index contributed by atoms with van der Waals surface area (Å²) in [6.45, 7) is 9.45. The van der Waals surface area contributed by atoms with Crippen LogP contribution >= 0.6 is 11.6 Å². The Kier molecular flexibility index (Phi) is 4.12. The van der Waals surface area contributed by atoms with Crippen molar-refractivity contribution < 1.29 is 9.84 Å². The molecule has 2 unspecified atom stereocenters. The van der Waals surface area contributed by atoms with Crippen LogP contribution in [0.15, 0.2) is 12.1 Å². The summed E-state index contributed by atoms with van der Waals surface area (Å²) in [5, 5.41) is 11.2. The molecule has 0 aliphatic carbocycles. The number of ether oxygens (including phenoxy) is 1. The maximum absolute atomic E-state index is 10.5. The first kappa shape index (κ1) is 14.7. The van der Waals surface area contributed by atoms with E-state index in [0.29, 0.717) is 17.5 Å². The van der Waals surface area contributed by atoms with E-state index in [1.807, 2.05) is 12.1 Å². The lowest BCUT2D eigenvalue weighted by Gasteiger charge is -2.29. The van der Waals surface area contributed by atoms with E-state index in [2.05, 4.69) is 27.7 Å². The number of hydrogen-bond acceptors (Lipinski definition) is 2. The molecule has 19 heavy (non-hydrogen) atoms. The van der Waals surface area contributed by atoms with Gasteiger partial charge in [-0.05, 0) is 35.4 Å². The second-order valence-electron chi connectivity index (χ2n) is 6.60. The molecule has 0 amide bonds. The van der Waals surface area contributed by atoms with Crippen LogP contribution in [0.3, 0.4) is 0 Å². The van der Waals surface area contributed by atoms with Gasteiger partial charge in [0.05, 0.1) is 12.7 Å². The second-order valence-corrected chi connectivity index (χ2v) is 7.04. The van der Waals surface area contributed by atoms with Crippen LogP contribution in [0.1, 0.15) is 51.3 Å². The molecular formula is C16H23ClO2. The van der Waals surface area contributed by atoms with Gasteiger partial charge in [-0.2, -0.15) is 0 Å². The van der Waals surface area contributed by atoms with E-state index in [1.165, 1.54) is 0 Å². The van der Waals surface area contributed by atoms with Crippen molar-refractivity contribution in [1.82, 2.24) is 0 Å². The van der Waals surface area contributed by atoms with E-state index in [9.17, 15) is 5.11 Å². The lowest BCUT2D eigenvalue weighted by molar-refractivity contribution is 0.108. The molecule has 1 aromatic rings. The summed E-state index contributed by atoms with van der Waals surface area (Å²) in [6, 6.07) is 3.78. The zero-order valence-electron chi connectivity index (χ0n) is 12.2. The van der Waals surface area contributed by atoms with Gasteiger partial charge in [-0.3, -0.25) is 0 Å². The van der Waals surface area contributed by atoms with Gasteiger partial charge in [0.2, 0.25) is 0 Å². The summed E-state index contributed by atoms with van der Waals surface area (Å²) in [7, 11) is 0. The maximum Gasteiger partial charge on any atom is 0.128 e. The van der Waals surface area contributed by atoms with Crippen molar-refractivity contribution in [2.45, 2.75) is 46.6 Å². The smallest absolute Gasteiger partial charge is 0.128 e. The minimum Gasteiger partial charge on any atom is -0.493 e. The number of fused-ring (bicyclic) bond motifs is 1. The minimum absolute atomic E-state index is 0.184. The molecule has 0 spiro atoms. The highest BCUT2D eigenvalue weighted by atomic mass is 35.5. The zero-order chi connectivity index (χ0) is 14.2. The van der Waals surface area contributed by atoms with Crippen LogP contribution in [-0.2, 0) is 6.42 Å². The van der Waals surface area contributed by atoms with Gasteiger partial charge < -0.3 is 9.84 Å². The van der Waals surface area contributed by atoms with E-state index in [1.54, 1.807) is 0 Å². The number of aliphatic hydroxyl groups is 1. The molecule has 1 heterocycles. The molecule has 2 nitrogen and oxygen atoms in total. The molecule has 0 saturated carbocycles. The Bertz CT molecular complexity index is 463. The minimum atomic E-state index is -0.514. The molecule has 0 fully saturated rings. The molecular weight excluding hydrogens is 260 g/mol. The van der Waals surface area contributed by atoms with Crippen molar-refractivity contribution in [3.05, 3.63) is 28.3 Å². The van der Waals surface area contributed by atoms with Crippen LogP contribution in [-0.4, -0.2) is 11.7 Å². The Labute approximate surface area is 120 Å². The molecule has 0 radical (unpaired) electrons. The first-order chi connectivity index (χ1) is 8.79. The van der Waals surface area contributed by atoms with Crippen LogP contribution < -0.4 is 4.74 Å². The fraction of sp³-hybridized carbons (Fsp3) is 0.625. The Morgan fingerprint density at radius 2 is 2.05 bits per heavy atom. The molecule has 0 saturated heterocycles. The van der Waals surface area contributed by atoms with Crippen molar-refractivity contribution in [3.63, 3.8) is 0 Å². The van der Waals surface area contributed by atoms with Crippen molar-refractivity contribution in [2.24, 2.45) is 11.3 Å². The summed E-state index contributed by atoms with van der Waals surface area (Å²) in [4.78, 5) is 0. The van der Waals surface area contributed by atoms with Crippen LogP contribution in [0.25, 0.3) is 0 Å². The summed E-state index contributed by atoms with van der Waals surface area (Å²) in [5.74, 6) is 1.26. The van der Waals surface area contributed by atoms with Crippen molar-refractivity contribution in [2.75, 3.05) is 6.61 Å². The highest BCUT2D eigenvalue weighted by Gasteiger charge is 2.27. The van der Waals surface area contributed by atoms with Gasteiger partial charge in [0.1, 0.15) is 5.75 Å². The molecule has 1 aromatic carbocycles. The average molecular weight is 283 g/mol. The molecule has 1 N–H and O–H groups in total. The lowest BCUT2D eigenvalue weighted by atomic mass is 9.78. The third-order valence-corrected chi connectivity index (χ3v) is 4.41. The fourth-order valence-corrected chi connectivity index (χ4v) is 2.61. The molecule has 2 atom stereocenters. The molecule has 3 heteroatoms. The van der Waals surface area contributed by atoms with Crippen LogP contribution in [0.2, 0.25) is 5.02 Å². The normalized spacial score (nSPS) is 17.8. The molecule has 106 valence electrons. The van der Waals surface area contributed by atoms with Gasteiger partial charge in [-0.1, -0.05) is 39.3 Å². The Morgan fingerprint density at radius 3 is 2.68 bits per heavy atom. The molecule has 1 aliphatic rings. The van der Waals surface area contributed by atoms with Crippen molar-refractivity contribution in [3.8, 4) is 5.75 Å². The summed E-state index contributed by atoms with van der Waals surface area (Å²) < 4.78 is 5.65. The number of rotatable bonds is 3. The standard InChI is InChI=1S/C16H23ClO2/c1-10(16(2,3)4)7-14(18)13-9-12(17)8-11-5-6-19-15(11)13/h8-10,14,18H,5-7H2,1-4H3. The third kappa shape index (κ3) is 3.24. The van der Waals surface area contributed by atoms with E-state index >= 15 is 0 Å². The van der Waals surface area contributed by atoms with Gasteiger partial charge in [0.15, 0.2) is 0 Å². The zero-order valence-corrected chi connectivity index (χ0v) is 12.9. The van der Waals surface area contributed by atoms with E-state index in [4.69, 9.17) is 16.3 Å². The topological polar surface area (TPSA) is 29.5 Å². The SMILES string of the molecule is CC(CC(O)c1cc(Cl)cc2c1OCC2)C(C)(C)C. The van der Waals surface area contributed by atoms with Gasteiger partial charge in [0.25, 0.3) is 0 Å². The average Bonchev–Trinajstić information content (AvgIpc) is 2.74. The van der Waals surface area contributed by atoms with Gasteiger partial charge in [-0.15, -0.1) is 0 Å². The van der Waals surface area contributed by atoms with Crippen LogP contribution in [0, 0.1) is 11.3 Å². The number of halogens is 1. The predicted molar refractivity (Wildman–Crippen MR) is 78.8 cm³/mol. The molecule has 0 aromatic heterocycles. The fourth-order valence-electron chi connectivity index (χ4n) is 2.36. The van der Waals surface area contributed by atoms with E-state index < -0.39 is 6.10 Å². The lowest BCUT2D eigenvalue weighted by Crippen LogP contribution is -2.20.